The van der Waals surface area contributed by atoms with Crippen LogP contribution < -0.4 is 0 Å². The molecule has 1 saturated heterocycles. The molecule has 1 aliphatic heterocycles. The molecule has 0 amide bonds. The summed E-state index contributed by atoms with van der Waals surface area (Å²) in [5.74, 6) is 1.31. The third kappa shape index (κ3) is 2.44. The van der Waals surface area contributed by atoms with Crippen LogP contribution in [-0.4, -0.2) is 29.4 Å². The number of ether oxygens (including phenoxy) is 2. The van der Waals surface area contributed by atoms with Gasteiger partial charge in [-0.05, 0) is 56.4 Å². The van der Waals surface area contributed by atoms with Crippen LogP contribution in [0, 0.1) is 23.2 Å². The van der Waals surface area contributed by atoms with E-state index in [9.17, 15) is 4.79 Å². The fourth-order valence-electron chi connectivity index (χ4n) is 4.50. The van der Waals surface area contributed by atoms with Crippen LogP contribution in [0.3, 0.4) is 0 Å². The zero-order valence-corrected chi connectivity index (χ0v) is 14.8. The van der Waals surface area contributed by atoms with Crippen LogP contribution in [0.4, 0.5) is 0 Å². The molecule has 5 nitrogen and oxygen atoms in total. The summed E-state index contributed by atoms with van der Waals surface area (Å²) < 4.78 is 12.7. The quantitative estimate of drug-likeness (QED) is 0.801. The van der Waals surface area contributed by atoms with E-state index >= 15 is 0 Å². The summed E-state index contributed by atoms with van der Waals surface area (Å²) in [5.41, 5.74) is 2.57. The number of benzene rings is 1. The molecule has 0 N–H and O–H groups in total. The van der Waals surface area contributed by atoms with E-state index in [0.717, 1.165) is 17.5 Å². The maximum absolute atomic E-state index is 12.2. The molecule has 130 valence electrons. The first kappa shape index (κ1) is 16.2. The molecule has 1 saturated carbocycles. The molecule has 2 aliphatic rings. The van der Waals surface area contributed by atoms with Gasteiger partial charge in [0.05, 0.1) is 24.9 Å². The van der Waals surface area contributed by atoms with Gasteiger partial charge in [-0.25, -0.2) is 4.79 Å². The zero-order chi connectivity index (χ0) is 17.8. The molecule has 0 radical (unpaired) electrons. The molecule has 0 spiro atoms. The Kier molecular flexibility index (Phi) is 3.62. The normalized spacial score (nSPS) is 26.2. The van der Waals surface area contributed by atoms with Gasteiger partial charge in [0, 0.05) is 16.8 Å². The molecular formula is C20H22N2O3. The number of rotatable bonds is 4. The van der Waals surface area contributed by atoms with Gasteiger partial charge in [0.1, 0.15) is 12.2 Å². The highest BCUT2D eigenvalue weighted by molar-refractivity contribution is 5.96. The summed E-state index contributed by atoms with van der Waals surface area (Å²) in [6, 6.07) is 10.3. The van der Waals surface area contributed by atoms with E-state index in [1.807, 2.05) is 12.1 Å². The lowest BCUT2D eigenvalue weighted by Gasteiger charge is -2.22. The highest BCUT2D eigenvalue weighted by atomic mass is 16.5. The molecule has 5 heteroatoms. The molecule has 3 atom stereocenters. The number of hydrogen-bond donors (Lipinski definition) is 0. The minimum absolute atomic E-state index is 0.0624. The largest absolute Gasteiger partial charge is 0.461 e. The molecule has 2 heterocycles. The van der Waals surface area contributed by atoms with Gasteiger partial charge in [-0.3, -0.25) is 0 Å². The smallest absolute Gasteiger partial charge is 0.355 e. The third-order valence-corrected chi connectivity index (χ3v) is 5.64. The lowest BCUT2D eigenvalue weighted by Crippen LogP contribution is -2.24. The van der Waals surface area contributed by atoms with Crippen LogP contribution in [0.25, 0.3) is 10.9 Å². The number of carbonyl (C=O) groups excluding carboxylic acids is 1. The van der Waals surface area contributed by atoms with Gasteiger partial charge >= 0.3 is 5.97 Å². The average molecular weight is 338 g/mol. The second-order valence-corrected chi connectivity index (χ2v) is 7.44. The van der Waals surface area contributed by atoms with Gasteiger partial charge in [0.25, 0.3) is 0 Å². The SMILES string of the molecule is CCOC(=O)c1cc2cc(C3C4COC(C)(C)C43)ccc2n1CC#N. The van der Waals surface area contributed by atoms with Crippen LogP contribution in [0.1, 0.15) is 42.7 Å². The molecule has 25 heavy (non-hydrogen) atoms. The van der Waals surface area contributed by atoms with Crippen molar-refractivity contribution in [2.24, 2.45) is 11.8 Å². The first-order chi connectivity index (χ1) is 12.0. The number of fused-ring (bicyclic) bond motifs is 2. The topological polar surface area (TPSA) is 64.2 Å². The predicted molar refractivity (Wildman–Crippen MR) is 93.3 cm³/mol. The van der Waals surface area contributed by atoms with Crippen molar-refractivity contribution < 1.29 is 14.3 Å². The minimum Gasteiger partial charge on any atom is -0.461 e. The minimum atomic E-state index is -0.381. The number of nitriles is 1. The van der Waals surface area contributed by atoms with Crippen molar-refractivity contribution in [1.82, 2.24) is 4.57 Å². The number of carbonyl (C=O) groups is 1. The van der Waals surface area contributed by atoms with E-state index < -0.39 is 0 Å². The standard InChI is InChI=1S/C20H22N2O3/c1-4-24-19(23)16-10-13-9-12(5-6-15(13)22(16)8-7-21)17-14-11-25-20(2,3)18(14)17/h5-6,9-10,14,17-18H,4,8,11H2,1-3H3. The van der Waals surface area contributed by atoms with E-state index in [1.54, 1.807) is 11.5 Å². The Morgan fingerprint density at radius 3 is 2.88 bits per heavy atom. The first-order valence-corrected chi connectivity index (χ1v) is 8.79. The lowest BCUT2D eigenvalue weighted by molar-refractivity contribution is 0.00237. The summed E-state index contributed by atoms with van der Waals surface area (Å²) in [6.07, 6.45) is 0. The van der Waals surface area contributed by atoms with Crippen molar-refractivity contribution in [3.05, 3.63) is 35.5 Å². The van der Waals surface area contributed by atoms with Gasteiger partial charge in [-0.2, -0.15) is 5.26 Å². The average Bonchev–Trinajstić information content (AvgIpc) is 3.10. The molecule has 3 unspecified atom stereocenters. The van der Waals surface area contributed by atoms with Gasteiger partial charge in [-0.15, -0.1) is 0 Å². The number of aromatic nitrogens is 1. The van der Waals surface area contributed by atoms with Crippen LogP contribution >= 0.6 is 0 Å². The second kappa shape index (κ2) is 5.60. The number of esters is 1. The van der Waals surface area contributed by atoms with Crippen LogP contribution in [0.15, 0.2) is 24.3 Å². The highest BCUT2D eigenvalue weighted by Crippen LogP contribution is 2.64. The van der Waals surface area contributed by atoms with Crippen molar-refractivity contribution in [3.8, 4) is 6.07 Å². The maximum Gasteiger partial charge on any atom is 0.355 e. The maximum atomic E-state index is 12.2. The summed E-state index contributed by atoms with van der Waals surface area (Å²) >= 11 is 0. The fourth-order valence-corrected chi connectivity index (χ4v) is 4.50. The van der Waals surface area contributed by atoms with Crippen molar-refractivity contribution >= 4 is 16.9 Å². The molecular weight excluding hydrogens is 316 g/mol. The summed E-state index contributed by atoms with van der Waals surface area (Å²) in [4.78, 5) is 12.2. The zero-order valence-electron chi connectivity index (χ0n) is 14.8. The Bertz CT molecular complexity index is 890. The van der Waals surface area contributed by atoms with E-state index in [4.69, 9.17) is 14.7 Å². The highest BCUT2D eigenvalue weighted by Gasteiger charge is 2.63. The van der Waals surface area contributed by atoms with Crippen LogP contribution in [0.2, 0.25) is 0 Å². The molecule has 2 fully saturated rings. The molecule has 2 aromatic rings. The Morgan fingerprint density at radius 1 is 1.44 bits per heavy atom. The lowest BCUT2D eigenvalue weighted by atomic mass is 9.98. The molecule has 1 aromatic heterocycles. The summed E-state index contributed by atoms with van der Waals surface area (Å²) in [6.45, 7) is 7.38. The van der Waals surface area contributed by atoms with Gasteiger partial charge in [-0.1, -0.05) is 6.07 Å². The molecule has 1 aromatic carbocycles. The van der Waals surface area contributed by atoms with Crippen molar-refractivity contribution in [3.63, 3.8) is 0 Å². The van der Waals surface area contributed by atoms with Gasteiger partial charge < -0.3 is 14.0 Å². The molecule has 1 aliphatic carbocycles. The monoisotopic (exact) mass is 338 g/mol. The predicted octanol–water partition coefficient (Wildman–Crippen LogP) is 3.48. The van der Waals surface area contributed by atoms with E-state index in [0.29, 0.717) is 30.1 Å². The van der Waals surface area contributed by atoms with Crippen molar-refractivity contribution in [2.45, 2.75) is 38.8 Å². The van der Waals surface area contributed by atoms with Crippen molar-refractivity contribution in [1.29, 1.82) is 5.26 Å². The summed E-state index contributed by atoms with van der Waals surface area (Å²) in [5, 5.41) is 10.1. The van der Waals surface area contributed by atoms with Crippen LogP contribution in [0.5, 0.6) is 0 Å². The fraction of sp³-hybridized carbons (Fsp3) is 0.500. The van der Waals surface area contributed by atoms with E-state index in [2.05, 4.69) is 32.0 Å². The Labute approximate surface area is 147 Å². The second-order valence-electron chi connectivity index (χ2n) is 7.44. The Morgan fingerprint density at radius 2 is 2.24 bits per heavy atom. The van der Waals surface area contributed by atoms with Gasteiger partial charge in [0.2, 0.25) is 0 Å². The van der Waals surface area contributed by atoms with Gasteiger partial charge in [0.15, 0.2) is 0 Å². The molecule has 4 rings (SSSR count). The van der Waals surface area contributed by atoms with Crippen LogP contribution in [-0.2, 0) is 16.0 Å². The molecule has 0 bridgehead atoms. The first-order valence-electron chi connectivity index (χ1n) is 8.79. The number of hydrogen-bond acceptors (Lipinski definition) is 4. The third-order valence-electron chi connectivity index (χ3n) is 5.64. The number of nitrogens with zero attached hydrogens (tertiary/aromatic N) is 2. The Hall–Kier alpha value is -2.32. The van der Waals surface area contributed by atoms with E-state index in [-0.39, 0.29) is 18.1 Å². The summed E-state index contributed by atoms with van der Waals surface area (Å²) in [7, 11) is 0. The Balaban J connectivity index is 1.72. The van der Waals surface area contributed by atoms with Crippen molar-refractivity contribution in [2.75, 3.05) is 13.2 Å². The van der Waals surface area contributed by atoms with E-state index in [1.165, 1.54) is 5.56 Å².